The highest BCUT2D eigenvalue weighted by Gasteiger charge is 2.39. The summed E-state index contributed by atoms with van der Waals surface area (Å²) in [5.41, 5.74) is 0.424. The van der Waals surface area contributed by atoms with Gasteiger partial charge in [-0.2, -0.15) is 0 Å². The Morgan fingerprint density at radius 3 is 2.27 bits per heavy atom. The van der Waals surface area contributed by atoms with E-state index in [9.17, 15) is 14.4 Å². The van der Waals surface area contributed by atoms with Crippen LogP contribution in [0.15, 0.2) is 18.2 Å². The summed E-state index contributed by atoms with van der Waals surface area (Å²) in [6.45, 7) is 3.15. The maximum atomic E-state index is 13.2. The number of ether oxygens (including phenoxy) is 3. The first kappa shape index (κ1) is 22.3. The summed E-state index contributed by atoms with van der Waals surface area (Å²) >= 11 is 1.56. The largest absolute Gasteiger partial charge is 0.497 e. The highest BCUT2D eigenvalue weighted by molar-refractivity contribution is 7.99. The number of likely N-dealkylation sites (tertiary alicyclic amines) is 1. The van der Waals surface area contributed by atoms with Crippen LogP contribution in [0, 0.1) is 5.92 Å². The summed E-state index contributed by atoms with van der Waals surface area (Å²) in [5.74, 6) is 1.42. The highest BCUT2D eigenvalue weighted by Crippen LogP contribution is 2.29. The number of rotatable bonds is 6. The quantitative estimate of drug-likeness (QED) is 0.631. The fourth-order valence-electron chi connectivity index (χ4n) is 3.75. The Balaban J connectivity index is 1.68. The Kier molecular flexibility index (Phi) is 7.47. The fourth-order valence-corrected chi connectivity index (χ4v) is 4.90. The second-order valence-corrected chi connectivity index (χ2v) is 8.24. The third-order valence-electron chi connectivity index (χ3n) is 5.45. The molecular weight excluding hydrogens is 408 g/mol. The maximum Gasteiger partial charge on any atom is 0.309 e. The number of nitrogens with zero attached hydrogens (tertiary/aromatic N) is 2. The molecule has 0 spiro atoms. The van der Waals surface area contributed by atoms with Crippen LogP contribution in [0.1, 0.15) is 30.1 Å². The lowest BCUT2D eigenvalue weighted by molar-refractivity contribution is -0.151. The molecule has 164 valence electrons. The smallest absolute Gasteiger partial charge is 0.309 e. The van der Waals surface area contributed by atoms with E-state index in [0.29, 0.717) is 61.2 Å². The van der Waals surface area contributed by atoms with E-state index in [0.717, 1.165) is 0 Å². The second-order valence-electron chi connectivity index (χ2n) is 7.24. The number of amides is 2. The second kappa shape index (κ2) is 10.1. The molecule has 1 unspecified atom stereocenters. The number of carbonyl (C=O) groups is 3. The molecule has 0 radical (unpaired) electrons. The molecule has 30 heavy (non-hydrogen) atoms. The molecule has 2 fully saturated rings. The molecule has 3 rings (SSSR count). The number of thioether (sulfide) groups is 1. The van der Waals surface area contributed by atoms with Crippen molar-refractivity contribution >= 4 is 29.5 Å². The van der Waals surface area contributed by atoms with Crippen molar-refractivity contribution in [1.29, 1.82) is 0 Å². The summed E-state index contributed by atoms with van der Waals surface area (Å²) in [7, 11) is 3.06. The number of esters is 1. The van der Waals surface area contributed by atoms with Gasteiger partial charge in [0, 0.05) is 30.5 Å². The van der Waals surface area contributed by atoms with Crippen molar-refractivity contribution in [2.75, 3.05) is 45.5 Å². The predicted octanol–water partition coefficient (Wildman–Crippen LogP) is 2.02. The first-order valence-electron chi connectivity index (χ1n) is 10.1. The van der Waals surface area contributed by atoms with Gasteiger partial charge in [0.1, 0.15) is 17.5 Å². The Morgan fingerprint density at radius 2 is 1.70 bits per heavy atom. The highest BCUT2D eigenvalue weighted by atomic mass is 32.2. The van der Waals surface area contributed by atoms with Gasteiger partial charge in [-0.1, -0.05) is 0 Å². The van der Waals surface area contributed by atoms with Crippen molar-refractivity contribution in [1.82, 2.24) is 9.80 Å². The van der Waals surface area contributed by atoms with Gasteiger partial charge in [0.25, 0.3) is 5.91 Å². The number of benzene rings is 1. The SMILES string of the molecule is CCOC(=O)C1CCN(C(=O)C2CSCN2C(=O)c2cc(OC)cc(OC)c2)CC1. The van der Waals surface area contributed by atoms with E-state index in [1.807, 2.05) is 0 Å². The number of hydrogen-bond acceptors (Lipinski definition) is 7. The van der Waals surface area contributed by atoms with Gasteiger partial charge in [-0.05, 0) is 31.9 Å². The molecule has 2 amide bonds. The number of carbonyl (C=O) groups excluding carboxylic acids is 3. The molecule has 0 saturated carbocycles. The van der Waals surface area contributed by atoms with Gasteiger partial charge in [0.2, 0.25) is 5.91 Å². The minimum Gasteiger partial charge on any atom is -0.497 e. The van der Waals surface area contributed by atoms with Gasteiger partial charge in [0.05, 0.1) is 32.6 Å². The Labute approximate surface area is 180 Å². The van der Waals surface area contributed by atoms with Crippen molar-refractivity contribution in [3.63, 3.8) is 0 Å². The van der Waals surface area contributed by atoms with Crippen LogP contribution in [-0.4, -0.2) is 79.2 Å². The summed E-state index contributed by atoms with van der Waals surface area (Å²) in [6.07, 6.45) is 1.18. The molecule has 2 heterocycles. The van der Waals surface area contributed by atoms with Crippen LogP contribution in [0.25, 0.3) is 0 Å². The minimum atomic E-state index is -0.515. The number of piperidine rings is 1. The van der Waals surface area contributed by atoms with Crippen LogP contribution in [0.3, 0.4) is 0 Å². The summed E-state index contributed by atoms with van der Waals surface area (Å²) in [6, 6.07) is 4.49. The predicted molar refractivity (Wildman–Crippen MR) is 113 cm³/mol. The van der Waals surface area contributed by atoms with Crippen LogP contribution >= 0.6 is 11.8 Å². The Hall–Kier alpha value is -2.42. The third kappa shape index (κ3) is 4.83. The Morgan fingerprint density at radius 1 is 1.07 bits per heavy atom. The van der Waals surface area contributed by atoms with E-state index >= 15 is 0 Å². The standard InChI is InChI=1S/C21H28N2O6S/c1-4-29-21(26)14-5-7-22(8-6-14)20(25)18-12-30-13-23(18)19(24)15-9-16(27-2)11-17(10-15)28-3/h9-11,14,18H,4-8,12-13H2,1-3H3. The van der Waals surface area contributed by atoms with Gasteiger partial charge in [-0.3, -0.25) is 14.4 Å². The first-order chi connectivity index (χ1) is 14.5. The molecule has 0 aromatic heterocycles. The van der Waals surface area contributed by atoms with E-state index in [1.165, 1.54) is 14.2 Å². The normalized spacial score (nSPS) is 19.5. The van der Waals surface area contributed by atoms with E-state index in [2.05, 4.69) is 0 Å². The number of hydrogen-bond donors (Lipinski definition) is 0. The molecular formula is C21H28N2O6S. The lowest BCUT2D eigenvalue weighted by Gasteiger charge is -2.34. The fraction of sp³-hybridized carbons (Fsp3) is 0.571. The Bertz CT molecular complexity index is 771. The van der Waals surface area contributed by atoms with Gasteiger partial charge in [0.15, 0.2) is 0 Å². The van der Waals surface area contributed by atoms with Crippen molar-refractivity contribution in [2.45, 2.75) is 25.8 Å². The lowest BCUT2D eigenvalue weighted by Crippen LogP contribution is -2.51. The molecule has 1 atom stereocenters. The molecule has 0 aliphatic carbocycles. The minimum absolute atomic E-state index is 0.0643. The lowest BCUT2D eigenvalue weighted by atomic mass is 9.96. The topological polar surface area (TPSA) is 85.4 Å². The van der Waals surface area contributed by atoms with E-state index in [-0.39, 0.29) is 23.7 Å². The van der Waals surface area contributed by atoms with E-state index in [4.69, 9.17) is 14.2 Å². The molecule has 0 bridgehead atoms. The maximum absolute atomic E-state index is 13.2. The summed E-state index contributed by atoms with van der Waals surface area (Å²) in [4.78, 5) is 41.6. The molecule has 2 saturated heterocycles. The third-order valence-corrected chi connectivity index (χ3v) is 6.47. The van der Waals surface area contributed by atoms with Crippen molar-refractivity contribution in [3.8, 4) is 11.5 Å². The van der Waals surface area contributed by atoms with Crippen LogP contribution in [0.4, 0.5) is 0 Å². The average Bonchev–Trinajstić information content (AvgIpc) is 3.27. The molecule has 2 aliphatic rings. The van der Waals surface area contributed by atoms with Crippen LogP contribution in [-0.2, 0) is 14.3 Å². The zero-order valence-electron chi connectivity index (χ0n) is 17.6. The number of methoxy groups -OCH3 is 2. The first-order valence-corrected chi connectivity index (χ1v) is 11.2. The molecule has 9 heteroatoms. The van der Waals surface area contributed by atoms with Gasteiger partial charge >= 0.3 is 5.97 Å². The van der Waals surface area contributed by atoms with Crippen molar-refractivity contribution in [2.24, 2.45) is 5.92 Å². The van der Waals surface area contributed by atoms with Crippen LogP contribution in [0.5, 0.6) is 11.5 Å². The van der Waals surface area contributed by atoms with Crippen molar-refractivity contribution < 1.29 is 28.6 Å². The monoisotopic (exact) mass is 436 g/mol. The van der Waals surface area contributed by atoms with Crippen molar-refractivity contribution in [3.05, 3.63) is 23.8 Å². The van der Waals surface area contributed by atoms with E-state index in [1.54, 1.807) is 46.7 Å². The zero-order valence-corrected chi connectivity index (χ0v) is 18.4. The van der Waals surface area contributed by atoms with Crippen LogP contribution < -0.4 is 9.47 Å². The van der Waals surface area contributed by atoms with Gasteiger partial charge in [-0.25, -0.2) is 0 Å². The van der Waals surface area contributed by atoms with Crippen LogP contribution in [0.2, 0.25) is 0 Å². The summed E-state index contributed by atoms with van der Waals surface area (Å²) in [5, 5.41) is 0. The molecule has 8 nitrogen and oxygen atoms in total. The summed E-state index contributed by atoms with van der Waals surface area (Å²) < 4.78 is 15.6. The zero-order chi connectivity index (χ0) is 21.7. The van der Waals surface area contributed by atoms with E-state index < -0.39 is 6.04 Å². The molecule has 1 aromatic carbocycles. The molecule has 1 aromatic rings. The average molecular weight is 437 g/mol. The molecule has 2 aliphatic heterocycles. The van der Waals surface area contributed by atoms with Gasteiger partial charge in [-0.15, -0.1) is 11.8 Å². The molecule has 0 N–H and O–H groups in total. The van der Waals surface area contributed by atoms with Gasteiger partial charge < -0.3 is 24.0 Å².